The number of phenols is 1. The number of rotatable bonds is 7. The van der Waals surface area contributed by atoms with Gasteiger partial charge in [0.25, 0.3) is 5.91 Å². The number of aromatic hydroxyl groups is 1. The first-order valence-corrected chi connectivity index (χ1v) is 12.8. The van der Waals surface area contributed by atoms with Gasteiger partial charge in [-0.2, -0.15) is 0 Å². The van der Waals surface area contributed by atoms with Gasteiger partial charge in [0.1, 0.15) is 28.9 Å². The zero-order valence-corrected chi connectivity index (χ0v) is 21.7. The molecule has 1 aromatic carbocycles. The van der Waals surface area contributed by atoms with Crippen LogP contribution in [0.4, 0.5) is 5.69 Å². The lowest BCUT2D eigenvalue weighted by Crippen LogP contribution is -2.62. The van der Waals surface area contributed by atoms with Crippen LogP contribution in [0.3, 0.4) is 0 Å². The minimum Gasteiger partial charge on any atom is -0.511 e. The molecule has 8 N–H and O–H groups in total. The molecule has 3 aliphatic carbocycles. The van der Waals surface area contributed by atoms with Crippen molar-refractivity contribution in [3.63, 3.8) is 0 Å². The summed E-state index contributed by atoms with van der Waals surface area (Å²) >= 11 is 0. The average Bonchev–Trinajstić information content (AvgIpc) is 2.87. The summed E-state index contributed by atoms with van der Waals surface area (Å²) in [6, 6.07) is 2.21. The number of carbonyl (C=O) groups excluding carboxylic acids is 4. The second-order valence-corrected chi connectivity index (χ2v) is 10.2. The number of fused-ring (bicyclic) bond motifs is 3. The number of Topliss-reactive ketones (excluding diaryl/α,β-unsaturated/α-hetero) is 2. The Morgan fingerprint density at radius 2 is 1.87 bits per heavy atom. The Balaban J connectivity index is 1.85. The minimum absolute atomic E-state index is 0.0462. The van der Waals surface area contributed by atoms with Crippen molar-refractivity contribution >= 4 is 29.1 Å². The number of amides is 1. The van der Waals surface area contributed by atoms with Gasteiger partial charge in [0, 0.05) is 23.8 Å². The molecule has 1 aromatic rings. The number of hydrogen-bond donors (Lipinski definition) is 7. The molecule has 0 fully saturated rings. The molecule has 1 unspecified atom stereocenters. The highest BCUT2D eigenvalue weighted by Gasteiger charge is 2.64. The number of aliphatic hydroxyl groups excluding tert-OH is 3. The molecular formula is C27H32N2O10. The molecular weight excluding hydrogens is 512 g/mol. The predicted octanol–water partition coefficient (Wildman–Crippen LogP) is 1.26. The highest BCUT2D eigenvalue weighted by Crippen LogP contribution is 2.55. The number of hydrogen-bond acceptors (Lipinski definition) is 11. The number of nitrogens with one attached hydrogen (secondary N) is 1. The summed E-state index contributed by atoms with van der Waals surface area (Å²) in [7, 11) is 0. The summed E-state index contributed by atoms with van der Waals surface area (Å²) in [5.74, 6) is -9.90. The fourth-order valence-corrected chi connectivity index (χ4v) is 6.08. The molecule has 0 saturated carbocycles. The van der Waals surface area contributed by atoms with Gasteiger partial charge in [-0.15, -0.1) is 0 Å². The number of benzene rings is 1. The quantitative estimate of drug-likeness (QED) is 0.147. The summed E-state index contributed by atoms with van der Waals surface area (Å²) in [6.07, 6.45) is -1.17. The number of esters is 1. The average molecular weight is 545 g/mol. The van der Waals surface area contributed by atoms with Gasteiger partial charge in [0.05, 0.1) is 24.0 Å². The highest BCUT2D eigenvalue weighted by atomic mass is 16.5. The minimum atomic E-state index is -2.91. The van der Waals surface area contributed by atoms with Crippen molar-refractivity contribution in [3.05, 3.63) is 45.9 Å². The number of aliphatic hydroxyl groups is 4. The number of ketones is 2. The maximum Gasteiger partial charge on any atom is 0.328 e. The molecule has 3 aliphatic rings. The molecule has 0 bridgehead atoms. The number of nitrogens with two attached hydrogens (primary N) is 1. The first-order valence-electron chi connectivity index (χ1n) is 12.8. The van der Waals surface area contributed by atoms with E-state index in [0.29, 0.717) is 18.4 Å². The molecule has 1 amide bonds. The van der Waals surface area contributed by atoms with Gasteiger partial charge in [-0.05, 0) is 30.9 Å². The van der Waals surface area contributed by atoms with E-state index in [-0.39, 0.29) is 17.9 Å². The van der Waals surface area contributed by atoms with E-state index < -0.39 is 93.8 Å². The van der Waals surface area contributed by atoms with Gasteiger partial charge in [-0.25, -0.2) is 4.79 Å². The van der Waals surface area contributed by atoms with Crippen LogP contribution in [0.2, 0.25) is 0 Å². The van der Waals surface area contributed by atoms with E-state index >= 15 is 0 Å². The van der Waals surface area contributed by atoms with E-state index in [4.69, 9.17) is 10.5 Å². The Morgan fingerprint density at radius 1 is 1.21 bits per heavy atom. The maximum absolute atomic E-state index is 13.8. The molecule has 0 heterocycles. The van der Waals surface area contributed by atoms with Crippen LogP contribution in [0.15, 0.2) is 34.8 Å². The van der Waals surface area contributed by atoms with Gasteiger partial charge in [-0.3, -0.25) is 14.4 Å². The largest absolute Gasteiger partial charge is 0.511 e. The van der Waals surface area contributed by atoms with Crippen LogP contribution < -0.4 is 11.1 Å². The molecule has 39 heavy (non-hydrogen) atoms. The molecule has 210 valence electrons. The van der Waals surface area contributed by atoms with Crippen LogP contribution in [0.25, 0.3) is 0 Å². The molecule has 12 nitrogen and oxygen atoms in total. The Morgan fingerprint density at radius 3 is 2.46 bits per heavy atom. The van der Waals surface area contributed by atoms with Crippen molar-refractivity contribution in [2.75, 3.05) is 11.9 Å². The summed E-state index contributed by atoms with van der Waals surface area (Å²) in [5, 5.41) is 58.2. The van der Waals surface area contributed by atoms with E-state index in [1.807, 2.05) is 6.92 Å². The summed E-state index contributed by atoms with van der Waals surface area (Å²) in [4.78, 5) is 51.1. The van der Waals surface area contributed by atoms with E-state index in [9.17, 15) is 44.7 Å². The number of primary amides is 1. The lowest BCUT2D eigenvalue weighted by Gasteiger charge is -2.50. The van der Waals surface area contributed by atoms with Crippen molar-refractivity contribution in [3.8, 4) is 5.75 Å². The number of anilines is 1. The lowest BCUT2D eigenvalue weighted by atomic mass is 9.56. The fourth-order valence-electron chi connectivity index (χ4n) is 6.08. The van der Waals surface area contributed by atoms with Crippen molar-refractivity contribution in [2.45, 2.75) is 63.7 Å². The fraction of sp³-hybridized carbons (Fsp3) is 0.481. The van der Waals surface area contributed by atoms with Crippen LogP contribution in [0.1, 0.15) is 61.9 Å². The molecule has 12 heteroatoms. The van der Waals surface area contributed by atoms with Gasteiger partial charge in [0.2, 0.25) is 5.78 Å². The number of phenolic OH excluding ortho intramolecular Hbond substituents is 1. The zero-order chi connectivity index (χ0) is 29.0. The topological polar surface area (TPSA) is 217 Å². The van der Waals surface area contributed by atoms with Crippen molar-refractivity contribution in [2.24, 2.45) is 17.6 Å². The second-order valence-electron chi connectivity index (χ2n) is 10.2. The molecule has 0 saturated heterocycles. The Labute approximate surface area is 223 Å². The third-order valence-electron chi connectivity index (χ3n) is 7.98. The Bertz CT molecular complexity index is 1330. The Hall–Kier alpha value is -3.90. The highest BCUT2D eigenvalue weighted by molar-refractivity contribution is 6.24. The van der Waals surface area contributed by atoms with Crippen molar-refractivity contribution < 1.29 is 49.4 Å². The monoisotopic (exact) mass is 544 g/mol. The van der Waals surface area contributed by atoms with Crippen LogP contribution >= 0.6 is 0 Å². The number of carbonyl (C=O) groups is 4. The van der Waals surface area contributed by atoms with Crippen LogP contribution in [-0.2, 0) is 19.1 Å². The van der Waals surface area contributed by atoms with E-state index in [1.165, 1.54) is 6.07 Å². The molecule has 6 atom stereocenters. The molecule has 0 aromatic heterocycles. The molecule has 0 radical (unpaired) electrons. The van der Waals surface area contributed by atoms with Gasteiger partial charge in [0.15, 0.2) is 11.4 Å². The molecule has 0 spiro atoms. The van der Waals surface area contributed by atoms with E-state index in [0.717, 1.165) is 0 Å². The van der Waals surface area contributed by atoms with Crippen LogP contribution in [0.5, 0.6) is 5.75 Å². The predicted molar refractivity (Wildman–Crippen MR) is 136 cm³/mol. The standard InChI is InChI=1S/C27H32N2O10/c1-4-6-14(26(37)39-5-2)29-13-8-7-11-10(3)16-19(22(33)17(11)21(13)32)24(35)27(38)12(20(16)31)9-15(30)18(23(27)34)25(28)36/h7-8,10,12,14,16,20,29-32,35,38H,4-6,9H2,1-3H3,(H2,28,36)/t10-,12+,14?,16+,20+,27+/m0/s1. The normalized spacial score (nSPS) is 28.8. The van der Waals surface area contributed by atoms with Gasteiger partial charge >= 0.3 is 5.97 Å². The zero-order valence-electron chi connectivity index (χ0n) is 21.7. The number of allylic oxidation sites excluding steroid dienone is 1. The lowest BCUT2D eigenvalue weighted by molar-refractivity contribution is -0.154. The second kappa shape index (κ2) is 10.0. The first-order chi connectivity index (χ1) is 18.3. The number of ether oxygens (including phenoxy) is 1. The summed E-state index contributed by atoms with van der Waals surface area (Å²) in [6.45, 7) is 5.30. The smallest absolute Gasteiger partial charge is 0.328 e. The molecule has 4 rings (SSSR count). The third-order valence-corrected chi connectivity index (χ3v) is 7.98. The van der Waals surface area contributed by atoms with E-state index in [1.54, 1.807) is 19.9 Å². The Kier molecular flexibility index (Phi) is 7.21. The van der Waals surface area contributed by atoms with E-state index in [2.05, 4.69) is 5.32 Å². The van der Waals surface area contributed by atoms with Crippen LogP contribution in [-0.4, -0.2) is 73.3 Å². The van der Waals surface area contributed by atoms with Gasteiger partial charge in [-0.1, -0.05) is 26.3 Å². The summed E-state index contributed by atoms with van der Waals surface area (Å²) < 4.78 is 5.09. The SMILES string of the molecule is CCCC(Nc1ccc2c(c1O)C(=O)C1=C(O)[C@]3(O)C(=O)C(C(N)=O)=C(O)C[C@@H]3[C@@H](O)[C@@H]1[C@H]2C)C(=O)OCC. The van der Waals surface area contributed by atoms with Gasteiger partial charge < -0.3 is 41.3 Å². The summed E-state index contributed by atoms with van der Waals surface area (Å²) in [5.41, 5.74) is 1.00. The van der Waals surface area contributed by atoms with Crippen LogP contribution in [0, 0.1) is 11.8 Å². The third kappa shape index (κ3) is 4.05. The molecule has 0 aliphatic heterocycles. The first kappa shape index (κ1) is 28.1. The maximum atomic E-state index is 13.8. The van der Waals surface area contributed by atoms with Crippen molar-refractivity contribution in [1.29, 1.82) is 0 Å². The van der Waals surface area contributed by atoms with Crippen molar-refractivity contribution in [1.82, 2.24) is 0 Å².